The van der Waals surface area contributed by atoms with Gasteiger partial charge in [0.05, 0.1) is 18.8 Å². The maximum atomic E-state index is 13.0. The normalized spacial score (nSPS) is 15.4. The standard InChI is InChI=1S/C21H23NO4/c1-15-8-9-18(16(2)14-15)21(24)26-19(17-6-4-3-5-7-17)20(23)22-10-12-25-13-11-22/h3-9,14,19H,10-13H2,1-2H3/t19-/m1/s1. The molecular weight excluding hydrogens is 330 g/mol. The van der Waals surface area contributed by atoms with Crippen LogP contribution in [0, 0.1) is 13.8 Å². The number of esters is 1. The molecule has 0 saturated carbocycles. The zero-order valence-electron chi connectivity index (χ0n) is 15.1. The van der Waals surface area contributed by atoms with Crippen LogP contribution in [0.25, 0.3) is 0 Å². The number of amides is 1. The fraction of sp³-hybridized carbons (Fsp3) is 0.333. The molecular formula is C21H23NO4. The minimum absolute atomic E-state index is 0.211. The molecule has 0 aromatic heterocycles. The van der Waals surface area contributed by atoms with Gasteiger partial charge in [-0.2, -0.15) is 0 Å². The maximum absolute atomic E-state index is 13.0. The van der Waals surface area contributed by atoms with Crippen LogP contribution in [0.2, 0.25) is 0 Å². The summed E-state index contributed by atoms with van der Waals surface area (Å²) < 4.78 is 11.0. The van der Waals surface area contributed by atoms with Crippen LogP contribution in [0.4, 0.5) is 0 Å². The highest BCUT2D eigenvalue weighted by Gasteiger charge is 2.31. The van der Waals surface area contributed by atoms with Gasteiger partial charge in [-0.25, -0.2) is 4.79 Å². The van der Waals surface area contributed by atoms with Crippen LogP contribution in [-0.4, -0.2) is 43.1 Å². The van der Waals surface area contributed by atoms with Gasteiger partial charge < -0.3 is 14.4 Å². The zero-order chi connectivity index (χ0) is 18.5. The Morgan fingerprint density at radius 1 is 1.04 bits per heavy atom. The molecule has 0 bridgehead atoms. The molecule has 0 aliphatic carbocycles. The average molecular weight is 353 g/mol. The van der Waals surface area contributed by atoms with Crippen molar-refractivity contribution < 1.29 is 19.1 Å². The number of hydrogen-bond donors (Lipinski definition) is 0. The topological polar surface area (TPSA) is 55.8 Å². The molecule has 0 spiro atoms. The number of aryl methyl sites for hydroxylation is 2. The van der Waals surface area contributed by atoms with Gasteiger partial charge in [0.25, 0.3) is 5.91 Å². The Kier molecular flexibility index (Phi) is 5.68. The summed E-state index contributed by atoms with van der Waals surface area (Å²) in [5.74, 6) is -0.699. The van der Waals surface area contributed by atoms with Crippen molar-refractivity contribution in [1.82, 2.24) is 4.90 Å². The van der Waals surface area contributed by atoms with Crippen molar-refractivity contribution in [1.29, 1.82) is 0 Å². The fourth-order valence-electron chi connectivity index (χ4n) is 3.05. The van der Waals surface area contributed by atoms with Gasteiger partial charge in [0.15, 0.2) is 0 Å². The van der Waals surface area contributed by atoms with E-state index in [0.717, 1.165) is 11.1 Å². The summed E-state index contributed by atoms with van der Waals surface area (Å²) in [5, 5.41) is 0. The first-order valence-electron chi connectivity index (χ1n) is 8.76. The van der Waals surface area contributed by atoms with Crippen molar-refractivity contribution in [2.75, 3.05) is 26.3 Å². The molecule has 1 fully saturated rings. The molecule has 3 rings (SSSR count). The first-order valence-corrected chi connectivity index (χ1v) is 8.76. The Morgan fingerprint density at radius 2 is 1.73 bits per heavy atom. The number of benzene rings is 2. The first-order chi connectivity index (χ1) is 12.6. The second kappa shape index (κ2) is 8.15. The SMILES string of the molecule is Cc1ccc(C(=O)O[C@@H](C(=O)N2CCOCC2)c2ccccc2)c(C)c1. The molecule has 0 unspecified atom stereocenters. The van der Waals surface area contributed by atoms with Gasteiger partial charge in [-0.1, -0.05) is 48.0 Å². The summed E-state index contributed by atoms with van der Waals surface area (Å²) in [6.45, 7) is 5.84. The second-order valence-electron chi connectivity index (χ2n) is 6.45. The summed E-state index contributed by atoms with van der Waals surface area (Å²) in [4.78, 5) is 27.4. The van der Waals surface area contributed by atoms with Crippen LogP contribution in [0.15, 0.2) is 48.5 Å². The summed E-state index contributed by atoms with van der Waals surface area (Å²) in [5.41, 5.74) is 3.05. The highest BCUT2D eigenvalue weighted by Crippen LogP contribution is 2.23. The molecule has 26 heavy (non-hydrogen) atoms. The van der Waals surface area contributed by atoms with Crippen molar-refractivity contribution in [3.05, 3.63) is 70.8 Å². The van der Waals surface area contributed by atoms with Gasteiger partial charge in [-0.05, 0) is 25.5 Å². The van der Waals surface area contributed by atoms with E-state index in [0.29, 0.717) is 37.4 Å². The predicted molar refractivity (Wildman–Crippen MR) is 97.9 cm³/mol. The van der Waals surface area contributed by atoms with Crippen LogP contribution < -0.4 is 0 Å². The number of carbonyl (C=O) groups excluding carboxylic acids is 2. The Hall–Kier alpha value is -2.66. The summed E-state index contributed by atoms with van der Waals surface area (Å²) in [6, 6.07) is 14.7. The van der Waals surface area contributed by atoms with Crippen molar-refractivity contribution in [3.63, 3.8) is 0 Å². The molecule has 1 heterocycles. The lowest BCUT2D eigenvalue weighted by atomic mass is 10.1. The van der Waals surface area contributed by atoms with E-state index in [-0.39, 0.29) is 5.91 Å². The third-order valence-corrected chi connectivity index (χ3v) is 4.48. The molecule has 1 saturated heterocycles. The van der Waals surface area contributed by atoms with Gasteiger partial charge in [-0.3, -0.25) is 4.79 Å². The van der Waals surface area contributed by atoms with Crippen LogP contribution in [0.5, 0.6) is 0 Å². The van der Waals surface area contributed by atoms with Crippen molar-refractivity contribution in [2.45, 2.75) is 20.0 Å². The third kappa shape index (κ3) is 4.11. The maximum Gasteiger partial charge on any atom is 0.339 e. The number of carbonyl (C=O) groups is 2. The monoisotopic (exact) mass is 353 g/mol. The molecule has 2 aromatic carbocycles. The zero-order valence-corrected chi connectivity index (χ0v) is 15.1. The van der Waals surface area contributed by atoms with Gasteiger partial charge >= 0.3 is 5.97 Å². The lowest BCUT2D eigenvalue weighted by Gasteiger charge is -2.30. The smallest absolute Gasteiger partial charge is 0.339 e. The van der Waals surface area contributed by atoms with Gasteiger partial charge in [0.1, 0.15) is 0 Å². The van der Waals surface area contributed by atoms with Crippen LogP contribution in [0.3, 0.4) is 0 Å². The molecule has 136 valence electrons. The molecule has 5 heteroatoms. The predicted octanol–water partition coefficient (Wildman–Crippen LogP) is 3.06. The molecule has 0 radical (unpaired) electrons. The molecule has 0 N–H and O–H groups in total. The Labute approximate surface area is 153 Å². The van der Waals surface area contributed by atoms with E-state index in [1.54, 1.807) is 23.1 Å². The quantitative estimate of drug-likeness (QED) is 0.793. The van der Waals surface area contributed by atoms with Gasteiger partial charge in [0, 0.05) is 18.7 Å². The van der Waals surface area contributed by atoms with E-state index >= 15 is 0 Å². The van der Waals surface area contributed by atoms with E-state index in [2.05, 4.69) is 0 Å². The van der Waals surface area contributed by atoms with E-state index in [4.69, 9.17) is 9.47 Å². The highest BCUT2D eigenvalue weighted by atomic mass is 16.5. The second-order valence-corrected chi connectivity index (χ2v) is 6.45. The van der Waals surface area contributed by atoms with Gasteiger partial charge in [-0.15, -0.1) is 0 Å². The van der Waals surface area contributed by atoms with E-state index in [1.165, 1.54) is 0 Å². The Balaban J connectivity index is 1.85. The lowest BCUT2D eigenvalue weighted by molar-refractivity contribution is -0.145. The summed E-state index contributed by atoms with van der Waals surface area (Å²) >= 11 is 0. The van der Waals surface area contributed by atoms with E-state index in [1.807, 2.05) is 44.2 Å². The molecule has 1 atom stereocenters. The van der Waals surface area contributed by atoms with Crippen molar-refractivity contribution in [2.24, 2.45) is 0 Å². The van der Waals surface area contributed by atoms with Crippen LogP contribution >= 0.6 is 0 Å². The number of ether oxygens (including phenoxy) is 2. The average Bonchev–Trinajstić information content (AvgIpc) is 2.67. The van der Waals surface area contributed by atoms with Crippen LogP contribution in [-0.2, 0) is 14.3 Å². The van der Waals surface area contributed by atoms with E-state index in [9.17, 15) is 9.59 Å². The molecule has 1 aliphatic rings. The fourth-order valence-corrected chi connectivity index (χ4v) is 3.05. The Bertz CT molecular complexity index is 782. The molecule has 2 aromatic rings. The number of rotatable bonds is 4. The van der Waals surface area contributed by atoms with E-state index < -0.39 is 12.1 Å². The molecule has 1 amide bonds. The number of morpholine rings is 1. The van der Waals surface area contributed by atoms with Crippen LogP contribution in [0.1, 0.15) is 33.2 Å². The largest absolute Gasteiger partial charge is 0.444 e. The highest BCUT2D eigenvalue weighted by molar-refractivity contribution is 5.94. The molecule has 1 aliphatic heterocycles. The molecule has 5 nitrogen and oxygen atoms in total. The Morgan fingerprint density at radius 3 is 2.38 bits per heavy atom. The summed E-state index contributed by atoms with van der Waals surface area (Å²) in [7, 11) is 0. The minimum Gasteiger partial charge on any atom is -0.444 e. The van der Waals surface area contributed by atoms with Crippen molar-refractivity contribution >= 4 is 11.9 Å². The third-order valence-electron chi connectivity index (χ3n) is 4.48. The minimum atomic E-state index is -0.956. The number of nitrogens with zero attached hydrogens (tertiary/aromatic N) is 1. The lowest BCUT2D eigenvalue weighted by Crippen LogP contribution is -2.44. The van der Waals surface area contributed by atoms with Crippen molar-refractivity contribution in [3.8, 4) is 0 Å². The van der Waals surface area contributed by atoms with Gasteiger partial charge in [0.2, 0.25) is 6.10 Å². The summed E-state index contributed by atoms with van der Waals surface area (Å²) in [6.07, 6.45) is -0.956. The first kappa shape index (κ1) is 18.1. The number of hydrogen-bond acceptors (Lipinski definition) is 4.